The highest BCUT2D eigenvalue weighted by Crippen LogP contribution is 2.35. The second-order valence-electron chi connectivity index (χ2n) is 2.91. The molecular weight excluding hydrogens is 231 g/mol. The molecule has 1 aromatic carbocycles. The molecule has 1 atom stereocenters. The zero-order chi connectivity index (χ0) is 11.6. The Morgan fingerprint density at radius 3 is 2.40 bits per heavy atom. The van der Waals surface area contributed by atoms with E-state index in [2.05, 4.69) is 0 Å². The molecule has 0 unspecified atom stereocenters. The molecule has 0 amide bonds. The minimum Gasteiger partial charge on any atom is -0.497 e. The third kappa shape index (κ3) is 2.76. The Balaban J connectivity index is 3.06. The van der Waals surface area contributed by atoms with Gasteiger partial charge >= 0.3 is 6.18 Å². The van der Waals surface area contributed by atoms with E-state index in [0.29, 0.717) is 5.75 Å². The van der Waals surface area contributed by atoms with Gasteiger partial charge in [0.05, 0.1) is 7.11 Å². The van der Waals surface area contributed by atoms with E-state index >= 15 is 0 Å². The van der Waals surface area contributed by atoms with E-state index in [1.165, 1.54) is 25.3 Å². The fraction of sp³-hybridized carbons (Fsp3) is 0.333. The van der Waals surface area contributed by atoms with Gasteiger partial charge in [0.1, 0.15) is 11.8 Å². The van der Waals surface area contributed by atoms with Gasteiger partial charge in [-0.2, -0.15) is 13.2 Å². The van der Waals surface area contributed by atoms with Crippen LogP contribution in [-0.2, 0) is 0 Å². The molecule has 0 aliphatic heterocycles. The maximum atomic E-state index is 12.3. The molecule has 0 aliphatic rings. The molecule has 15 heavy (non-hydrogen) atoms. The first kappa shape index (κ1) is 12.1. The normalized spacial score (nSPS) is 13.7. The largest absolute Gasteiger partial charge is 0.497 e. The summed E-state index contributed by atoms with van der Waals surface area (Å²) in [6, 6.07) is 1.81. The van der Waals surface area contributed by atoms with Crippen molar-refractivity contribution in [3.63, 3.8) is 0 Å². The van der Waals surface area contributed by atoms with E-state index in [4.69, 9.17) is 22.1 Å². The monoisotopic (exact) mass is 239 g/mol. The molecule has 0 heterocycles. The van der Waals surface area contributed by atoms with Crippen LogP contribution in [0.1, 0.15) is 11.6 Å². The standard InChI is InChI=1S/C9H9ClF3NO/c1-15-5-2-3-6(7(10)4-5)8(14)9(11,12)13/h2-4,8H,14H2,1H3/t8-/m0/s1. The van der Waals surface area contributed by atoms with Gasteiger partial charge in [0.15, 0.2) is 0 Å². The fourth-order valence-electron chi connectivity index (χ4n) is 1.06. The molecule has 0 aromatic heterocycles. The second kappa shape index (κ2) is 4.28. The fourth-order valence-corrected chi connectivity index (χ4v) is 1.35. The Bertz CT molecular complexity index is 354. The molecule has 0 aliphatic carbocycles. The van der Waals surface area contributed by atoms with Gasteiger partial charge in [-0.15, -0.1) is 0 Å². The van der Waals surface area contributed by atoms with Gasteiger partial charge in [0.25, 0.3) is 0 Å². The Morgan fingerprint density at radius 2 is 2.00 bits per heavy atom. The summed E-state index contributed by atoms with van der Waals surface area (Å²) in [6.45, 7) is 0. The van der Waals surface area contributed by atoms with Crippen LogP contribution in [0.5, 0.6) is 5.75 Å². The molecule has 2 N–H and O–H groups in total. The highest BCUT2D eigenvalue weighted by Gasteiger charge is 2.38. The van der Waals surface area contributed by atoms with E-state index in [1.807, 2.05) is 0 Å². The second-order valence-corrected chi connectivity index (χ2v) is 3.31. The van der Waals surface area contributed by atoms with Crippen LogP contribution in [0.4, 0.5) is 13.2 Å². The van der Waals surface area contributed by atoms with Crippen LogP contribution in [-0.4, -0.2) is 13.3 Å². The summed E-state index contributed by atoms with van der Waals surface area (Å²) < 4.78 is 41.7. The highest BCUT2D eigenvalue weighted by atomic mass is 35.5. The Morgan fingerprint density at radius 1 is 1.40 bits per heavy atom. The van der Waals surface area contributed by atoms with Crippen LogP contribution >= 0.6 is 11.6 Å². The van der Waals surface area contributed by atoms with Crippen molar-refractivity contribution in [2.45, 2.75) is 12.2 Å². The lowest BCUT2D eigenvalue weighted by molar-refractivity contribution is -0.149. The molecule has 0 saturated carbocycles. The van der Waals surface area contributed by atoms with Crippen LogP contribution in [0.3, 0.4) is 0 Å². The zero-order valence-electron chi connectivity index (χ0n) is 7.81. The van der Waals surface area contributed by atoms with Gasteiger partial charge < -0.3 is 10.5 Å². The molecule has 0 bridgehead atoms. The van der Waals surface area contributed by atoms with Crippen LogP contribution in [0.2, 0.25) is 5.02 Å². The van der Waals surface area contributed by atoms with Crippen LogP contribution in [0.15, 0.2) is 18.2 Å². The van der Waals surface area contributed by atoms with E-state index in [9.17, 15) is 13.2 Å². The number of alkyl halides is 3. The smallest absolute Gasteiger partial charge is 0.407 e. The number of nitrogens with two attached hydrogens (primary N) is 1. The van der Waals surface area contributed by atoms with Crippen molar-refractivity contribution in [2.75, 3.05) is 7.11 Å². The number of rotatable bonds is 2. The average molecular weight is 240 g/mol. The predicted molar refractivity (Wildman–Crippen MR) is 51.0 cm³/mol. The molecule has 84 valence electrons. The summed E-state index contributed by atoms with van der Waals surface area (Å²) in [7, 11) is 1.40. The van der Waals surface area contributed by atoms with Crippen molar-refractivity contribution in [1.29, 1.82) is 0 Å². The molecule has 0 spiro atoms. The van der Waals surface area contributed by atoms with Gasteiger partial charge in [-0.05, 0) is 17.7 Å². The number of hydrogen-bond acceptors (Lipinski definition) is 2. The van der Waals surface area contributed by atoms with Crippen LogP contribution in [0.25, 0.3) is 0 Å². The Hall–Kier alpha value is -0.940. The number of hydrogen-bond donors (Lipinski definition) is 1. The van der Waals surface area contributed by atoms with E-state index in [0.717, 1.165) is 0 Å². The number of benzene rings is 1. The molecule has 0 radical (unpaired) electrons. The van der Waals surface area contributed by atoms with Gasteiger partial charge in [-0.1, -0.05) is 17.7 Å². The zero-order valence-corrected chi connectivity index (χ0v) is 8.56. The first-order valence-electron chi connectivity index (χ1n) is 4.02. The van der Waals surface area contributed by atoms with E-state index in [1.54, 1.807) is 0 Å². The van der Waals surface area contributed by atoms with E-state index < -0.39 is 12.2 Å². The lowest BCUT2D eigenvalue weighted by Crippen LogP contribution is -2.28. The van der Waals surface area contributed by atoms with Crippen LogP contribution in [0, 0.1) is 0 Å². The molecule has 1 aromatic rings. The van der Waals surface area contributed by atoms with Crippen molar-refractivity contribution >= 4 is 11.6 Å². The quantitative estimate of drug-likeness (QED) is 0.861. The van der Waals surface area contributed by atoms with Gasteiger partial charge in [0.2, 0.25) is 0 Å². The van der Waals surface area contributed by atoms with Crippen molar-refractivity contribution in [3.05, 3.63) is 28.8 Å². The van der Waals surface area contributed by atoms with Gasteiger partial charge in [0, 0.05) is 5.02 Å². The molecule has 0 fully saturated rings. The molecule has 0 saturated heterocycles. The number of halogens is 4. The summed E-state index contributed by atoms with van der Waals surface area (Å²) in [5.41, 5.74) is 4.85. The first-order valence-corrected chi connectivity index (χ1v) is 4.39. The van der Waals surface area contributed by atoms with Crippen molar-refractivity contribution < 1.29 is 17.9 Å². The predicted octanol–water partition coefficient (Wildman–Crippen LogP) is 2.91. The first-order chi connectivity index (χ1) is 6.86. The molecule has 6 heteroatoms. The van der Waals surface area contributed by atoms with Gasteiger partial charge in [-0.3, -0.25) is 0 Å². The molecule has 2 nitrogen and oxygen atoms in total. The highest BCUT2D eigenvalue weighted by molar-refractivity contribution is 6.31. The number of methoxy groups -OCH3 is 1. The Kier molecular flexibility index (Phi) is 3.46. The van der Waals surface area contributed by atoms with Crippen molar-refractivity contribution in [2.24, 2.45) is 5.73 Å². The minimum atomic E-state index is -4.50. The SMILES string of the molecule is COc1ccc([C@H](N)C(F)(F)F)c(Cl)c1. The Labute approximate surface area is 89.8 Å². The summed E-state index contributed by atoms with van der Waals surface area (Å²) in [6.07, 6.45) is -4.50. The molecular formula is C9H9ClF3NO. The van der Waals surface area contributed by atoms with Crippen LogP contribution < -0.4 is 10.5 Å². The van der Waals surface area contributed by atoms with Crippen molar-refractivity contribution in [3.8, 4) is 5.75 Å². The number of ether oxygens (including phenoxy) is 1. The maximum Gasteiger partial charge on any atom is 0.407 e. The lowest BCUT2D eigenvalue weighted by atomic mass is 10.1. The van der Waals surface area contributed by atoms with Crippen molar-refractivity contribution in [1.82, 2.24) is 0 Å². The molecule has 1 rings (SSSR count). The third-order valence-corrected chi connectivity index (χ3v) is 2.22. The summed E-state index contributed by atoms with van der Waals surface area (Å²) in [5, 5.41) is -0.0563. The maximum absolute atomic E-state index is 12.3. The topological polar surface area (TPSA) is 35.2 Å². The summed E-state index contributed by atoms with van der Waals surface area (Å²) in [4.78, 5) is 0. The summed E-state index contributed by atoms with van der Waals surface area (Å²) in [5.74, 6) is 0.387. The average Bonchev–Trinajstić information content (AvgIpc) is 2.15. The minimum absolute atomic E-state index is 0.0563. The third-order valence-electron chi connectivity index (χ3n) is 1.90. The van der Waals surface area contributed by atoms with E-state index in [-0.39, 0.29) is 10.6 Å². The lowest BCUT2D eigenvalue weighted by Gasteiger charge is -2.17. The van der Waals surface area contributed by atoms with Gasteiger partial charge in [-0.25, -0.2) is 0 Å². The summed E-state index contributed by atoms with van der Waals surface area (Å²) >= 11 is 5.65.